The summed E-state index contributed by atoms with van der Waals surface area (Å²) in [5.41, 5.74) is 10.4. The lowest BCUT2D eigenvalue weighted by atomic mass is 9.92. The second kappa shape index (κ2) is 22.8. The molecular formula is C49H49Cl2N5O8. The minimum Gasteiger partial charge on any atom is -0.488 e. The normalized spacial score (nSPS) is 11.9. The van der Waals surface area contributed by atoms with Crippen LogP contribution in [0.15, 0.2) is 108 Å². The average Bonchev–Trinajstić information content (AvgIpc) is 3.29. The number of aliphatic hydroxyl groups is 2. The molecule has 2 aromatic heterocycles. The van der Waals surface area contributed by atoms with Gasteiger partial charge in [0.15, 0.2) is 0 Å². The summed E-state index contributed by atoms with van der Waals surface area (Å²) >= 11 is 13.4. The Morgan fingerprint density at radius 3 is 1.58 bits per heavy atom. The third-order valence-corrected chi connectivity index (χ3v) is 10.9. The maximum Gasteiger partial charge on any atom is 0.323 e. The van der Waals surface area contributed by atoms with E-state index in [9.17, 15) is 20.1 Å². The number of rotatable bonds is 21. The molecule has 0 fully saturated rings. The van der Waals surface area contributed by atoms with Crippen molar-refractivity contribution in [3.8, 4) is 34.1 Å². The van der Waals surface area contributed by atoms with Crippen LogP contribution in [0.25, 0.3) is 11.1 Å². The van der Waals surface area contributed by atoms with E-state index in [0.29, 0.717) is 44.2 Å². The van der Waals surface area contributed by atoms with E-state index in [1.165, 1.54) is 0 Å². The molecule has 1 atom stereocenters. The van der Waals surface area contributed by atoms with Crippen molar-refractivity contribution in [3.63, 3.8) is 0 Å². The fourth-order valence-corrected chi connectivity index (χ4v) is 7.36. The molecule has 1 unspecified atom stereocenters. The minimum atomic E-state index is -1.19. The van der Waals surface area contributed by atoms with Crippen molar-refractivity contribution in [3.05, 3.63) is 163 Å². The van der Waals surface area contributed by atoms with Crippen LogP contribution in [-0.4, -0.2) is 70.4 Å². The van der Waals surface area contributed by atoms with Crippen molar-refractivity contribution >= 4 is 41.6 Å². The zero-order valence-corrected chi connectivity index (χ0v) is 37.4. The molecule has 4 N–H and O–H groups in total. The summed E-state index contributed by atoms with van der Waals surface area (Å²) < 4.78 is 25.0. The number of carbonyl (C=O) groups is 1. The lowest BCUT2D eigenvalue weighted by Gasteiger charge is -2.19. The van der Waals surface area contributed by atoms with Gasteiger partial charge in [0.2, 0.25) is 0 Å². The number of nitrogens with one attached hydrogen (secondary N) is 1. The van der Waals surface area contributed by atoms with Crippen LogP contribution in [0.2, 0.25) is 10.0 Å². The number of nitrogens with zero attached hydrogens (tertiary/aromatic N) is 4. The predicted octanol–water partition coefficient (Wildman–Crippen LogP) is 8.51. The van der Waals surface area contributed by atoms with E-state index in [1.807, 2.05) is 50.2 Å². The summed E-state index contributed by atoms with van der Waals surface area (Å²) in [5, 5.41) is 32.6. The second-order valence-electron chi connectivity index (χ2n) is 14.8. The third kappa shape index (κ3) is 12.2. The molecule has 0 aliphatic heterocycles. The average molecular weight is 907 g/mol. The Kier molecular flexibility index (Phi) is 16.8. The topological polar surface area (TPSA) is 177 Å². The minimum absolute atomic E-state index is 0.0557. The quantitative estimate of drug-likeness (QED) is 0.0510. The Balaban J connectivity index is 1.18. The van der Waals surface area contributed by atoms with Crippen LogP contribution in [0.4, 0.5) is 0 Å². The van der Waals surface area contributed by atoms with Gasteiger partial charge in [0, 0.05) is 103 Å². The number of aliphatic imine (C=N–C) groups is 2. The molecule has 64 heavy (non-hydrogen) atoms. The summed E-state index contributed by atoms with van der Waals surface area (Å²) in [6, 6.07) is 21.4. The Bertz CT molecular complexity index is 2640. The first-order chi connectivity index (χ1) is 31.0. The number of carboxylic acid groups (broad SMARTS) is 1. The van der Waals surface area contributed by atoms with Crippen LogP contribution in [0.3, 0.4) is 0 Å². The lowest BCUT2D eigenvalue weighted by Crippen LogP contribution is -2.39. The smallest absolute Gasteiger partial charge is 0.323 e. The summed E-state index contributed by atoms with van der Waals surface area (Å²) in [4.78, 5) is 28.2. The molecule has 13 nitrogen and oxygen atoms in total. The van der Waals surface area contributed by atoms with Crippen LogP contribution in [0.5, 0.6) is 23.0 Å². The van der Waals surface area contributed by atoms with Crippen molar-refractivity contribution in [1.29, 1.82) is 0 Å². The fraction of sp³-hybridized carbons (Fsp3) is 0.245. The van der Waals surface area contributed by atoms with Gasteiger partial charge in [-0.05, 0) is 71.5 Å². The third-order valence-electron chi connectivity index (χ3n) is 10.3. The number of hydrogen-bond donors (Lipinski definition) is 4. The van der Waals surface area contributed by atoms with Gasteiger partial charge in [-0.1, -0.05) is 59.6 Å². The first-order valence-electron chi connectivity index (χ1n) is 20.2. The Labute approximate surface area is 382 Å². The van der Waals surface area contributed by atoms with Crippen molar-refractivity contribution in [1.82, 2.24) is 15.3 Å². The molecule has 0 aliphatic rings. The Morgan fingerprint density at radius 2 is 1.12 bits per heavy atom. The molecule has 6 rings (SSSR count). The van der Waals surface area contributed by atoms with E-state index in [1.54, 1.807) is 75.6 Å². The van der Waals surface area contributed by atoms with Crippen LogP contribution >= 0.6 is 23.2 Å². The van der Waals surface area contributed by atoms with Crippen LogP contribution in [0.1, 0.15) is 55.6 Å². The fourth-order valence-electron chi connectivity index (χ4n) is 6.88. The number of aromatic nitrogens is 2. The molecule has 2 heterocycles. The van der Waals surface area contributed by atoms with Gasteiger partial charge >= 0.3 is 5.97 Å². The van der Waals surface area contributed by atoms with Crippen molar-refractivity contribution in [2.45, 2.75) is 59.5 Å². The number of ether oxygens (including phenoxy) is 4. The van der Waals surface area contributed by atoms with Crippen LogP contribution in [-0.2, 0) is 44.4 Å². The van der Waals surface area contributed by atoms with E-state index in [0.717, 1.165) is 55.6 Å². The zero-order valence-electron chi connectivity index (χ0n) is 35.8. The molecule has 0 saturated heterocycles. The van der Waals surface area contributed by atoms with Crippen LogP contribution in [0, 0.1) is 13.8 Å². The molecule has 0 bridgehead atoms. The van der Waals surface area contributed by atoms with Gasteiger partial charge in [-0.15, -0.1) is 0 Å². The van der Waals surface area contributed by atoms with E-state index < -0.39 is 18.6 Å². The molecule has 332 valence electrons. The molecule has 0 saturated carbocycles. The SMILES string of the molecule is C/N=C\c1cncc(COc2cc(OCc3cccc(-c4cccc(COc5cc(OCc6cncc(/C=N/C)c6)c(CNC(CO)C(=O)O)cc5Cl)c4C)c3C)c(Cl)cc2CO)c1. The van der Waals surface area contributed by atoms with Gasteiger partial charge in [-0.3, -0.25) is 30.1 Å². The predicted molar refractivity (Wildman–Crippen MR) is 248 cm³/mol. The molecule has 6 aromatic rings. The monoisotopic (exact) mass is 905 g/mol. The molecular weight excluding hydrogens is 857 g/mol. The maximum atomic E-state index is 11.6. The van der Waals surface area contributed by atoms with Gasteiger partial charge in [-0.2, -0.15) is 0 Å². The first kappa shape index (κ1) is 47.1. The van der Waals surface area contributed by atoms with Gasteiger partial charge < -0.3 is 34.3 Å². The van der Waals surface area contributed by atoms with E-state index in [-0.39, 0.29) is 39.6 Å². The van der Waals surface area contributed by atoms with Crippen molar-refractivity contribution in [2.24, 2.45) is 9.98 Å². The standard InChI is InChI=1S/C49H49Cl2N5O8/c1-30-36(28-63-47-15-45(61-26-34-11-32(17-52-3)19-54-21-34)38(13-42(47)50)23-56-44(25-58)49(59)60)7-5-9-40(30)41-10-6-8-37(31(41)2)29-64-48-16-46(39(24-57)14-43(48)51)62-27-35-12-33(18-53-4)20-55-22-35/h5-22,44,56-58H,23-29H2,1-4H3,(H,59,60)/b52-17+,53-18-. The number of benzene rings is 4. The van der Waals surface area contributed by atoms with E-state index in [4.69, 9.17) is 42.1 Å². The molecule has 0 aliphatic carbocycles. The number of halogens is 2. The first-order valence-corrected chi connectivity index (χ1v) is 21.0. The van der Waals surface area contributed by atoms with E-state index >= 15 is 0 Å². The summed E-state index contributed by atoms with van der Waals surface area (Å²) in [6.45, 7) is 4.08. The highest BCUT2D eigenvalue weighted by Gasteiger charge is 2.19. The number of hydrogen-bond acceptors (Lipinski definition) is 12. The largest absolute Gasteiger partial charge is 0.488 e. The second-order valence-corrected chi connectivity index (χ2v) is 15.6. The number of pyridine rings is 2. The van der Waals surface area contributed by atoms with Gasteiger partial charge in [0.1, 0.15) is 55.5 Å². The molecule has 0 amide bonds. The van der Waals surface area contributed by atoms with Gasteiger partial charge in [0.25, 0.3) is 0 Å². The Hall–Kier alpha value is -6.35. The van der Waals surface area contributed by atoms with Gasteiger partial charge in [-0.25, -0.2) is 0 Å². The highest BCUT2D eigenvalue weighted by atomic mass is 35.5. The summed E-state index contributed by atoms with van der Waals surface area (Å²) in [5.74, 6) is 0.464. The highest BCUT2D eigenvalue weighted by Crippen LogP contribution is 2.37. The molecule has 15 heteroatoms. The summed E-state index contributed by atoms with van der Waals surface area (Å²) in [7, 11) is 3.38. The summed E-state index contributed by atoms with van der Waals surface area (Å²) in [6.07, 6.45) is 10.2. The van der Waals surface area contributed by atoms with Gasteiger partial charge in [0.05, 0.1) is 23.3 Å². The Morgan fingerprint density at radius 1 is 0.656 bits per heavy atom. The zero-order chi connectivity index (χ0) is 45.6. The highest BCUT2D eigenvalue weighted by molar-refractivity contribution is 6.32. The lowest BCUT2D eigenvalue weighted by molar-refractivity contribution is -0.140. The van der Waals surface area contributed by atoms with Crippen LogP contribution < -0.4 is 24.3 Å². The number of aliphatic hydroxyl groups excluding tert-OH is 2. The number of carboxylic acids is 1. The van der Waals surface area contributed by atoms with Crippen molar-refractivity contribution < 1.29 is 39.1 Å². The number of aliphatic carboxylic acids is 1. The van der Waals surface area contributed by atoms with E-state index in [2.05, 4.69) is 37.4 Å². The van der Waals surface area contributed by atoms with Crippen molar-refractivity contribution in [2.75, 3.05) is 20.7 Å². The molecule has 0 radical (unpaired) electrons. The molecule has 0 spiro atoms. The molecule has 4 aromatic carbocycles. The maximum absolute atomic E-state index is 11.6.